The summed E-state index contributed by atoms with van der Waals surface area (Å²) in [6, 6.07) is 12.7. The third-order valence-electron chi connectivity index (χ3n) is 3.87. The molecule has 2 amide bonds. The number of rotatable bonds is 2. The Morgan fingerprint density at radius 3 is 2.32 bits per heavy atom. The summed E-state index contributed by atoms with van der Waals surface area (Å²) < 4.78 is 0. The first-order valence-electron chi connectivity index (χ1n) is 7.31. The fourth-order valence-corrected chi connectivity index (χ4v) is 2.96. The molecule has 2 heterocycles. The topological polar surface area (TPSA) is 76.6 Å². The molecule has 1 aliphatic rings. The summed E-state index contributed by atoms with van der Waals surface area (Å²) >= 11 is 6.25. The molecule has 0 saturated carbocycles. The van der Waals surface area contributed by atoms with Crippen LogP contribution >= 0.6 is 11.6 Å². The van der Waals surface area contributed by atoms with E-state index >= 15 is 0 Å². The fraction of sp³-hybridized carbons (Fsp3) is 0. The number of halogens is 1. The molecule has 122 valence electrons. The van der Waals surface area contributed by atoms with Crippen LogP contribution in [0.4, 0.5) is 0 Å². The lowest BCUT2D eigenvalue weighted by atomic mass is 10.1. The molecule has 3 aromatic rings. The maximum atomic E-state index is 12.4. The smallest absolute Gasteiger partial charge is 0.324 e. The van der Waals surface area contributed by atoms with Crippen LogP contribution in [0.15, 0.2) is 54.7 Å². The zero-order chi connectivity index (χ0) is 17.6. The number of carbonyl (C=O) groups excluding carboxylic acids is 3. The van der Waals surface area contributed by atoms with E-state index in [1.807, 2.05) is 0 Å². The van der Waals surface area contributed by atoms with Crippen LogP contribution in [0.25, 0.3) is 10.9 Å². The van der Waals surface area contributed by atoms with Gasteiger partial charge in [-0.15, -0.1) is 0 Å². The van der Waals surface area contributed by atoms with Crippen LogP contribution in [-0.2, 0) is 4.84 Å². The molecule has 0 atom stereocenters. The van der Waals surface area contributed by atoms with Crippen LogP contribution in [0, 0.1) is 0 Å². The van der Waals surface area contributed by atoms with Gasteiger partial charge >= 0.3 is 5.97 Å². The van der Waals surface area contributed by atoms with E-state index in [9.17, 15) is 14.4 Å². The number of benzene rings is 2. The number of carbonyl (C=O) groups is 3. The van der Waals surface area contributed by atoms with Gasteiger partial charge in [-0.2, -0.15) is 0 Å². The van der Waals surface area contributed by atoms with E-state index < -0.39 is 17.8 Å². The highest BCUT2D eigenvalue weighted by atomic mass is 35.5. The van der Waals surface area contributed by atoms with Crippen LogP contribution in [0.2, 0.25) is 5.02 Å². The molecule has 6 nitrogen and oxygen atoms in total. The number of imide groups is 1. The molecule has 0 unspecified atom stereocenters. The average molecular weight is 353 g/mol. The van der Waals surface area contributed by atoms with Gasteiger partial charge in [-0.05, 0) is 36.4 Å². The third kappa shape index (κ3) is 2.35. The molecular formula is C18H9ClN2O4. The van der Waals surface area contributed by atoms with Gasteiger partial charge in [-0.3, -0.25) is 14.6 Å². The number of nitrogens with zero attached hydrogens (tertiary/aromatic N) is 2. The zero-order valence-electron chi connectivity index (χ0n) is 12.6. The predicted octanol–water partition coefficient (Wildman–Crippen LogP) is 3.26. The second kappa shape index (κ2) is 5.68. The molecule has 1 aliphatic heterocycles. The number of hydrogen-bond acceptors (Lipinski definition) is 5. The number of pyridine rings is 1. The van der Waals surface area contributed by atoms with Crippen molar-refractivity contribution in [1.29, 1.82) is 0 Å². The summed E-state index contributed by atoms with van der Waals surface area (Å²) in [5.41, 5.74) is 1.03. The summed E-state index contributed by atoms with van der Waals surface area (Å²) in [7, 11) is 0. The summed E-state index contributed by atoms with van der Waals surface area (Å²) in [5.74, 6) is -2.27. The van der Waals surface area contributed by atoms with Gasteiger partial charge in [0.2, 0.25) is 0 Å². The van der Waals surface area contributed by atoms with E-state index in [1.54, 1.807) is 36.5 Å². The van der Waals surface area contributed by atoms with Crippen LogP contribution < -0.4 is 0 Å². The molecule has 0 N–H and O–H groups in total. The number of fused-ring (bicyclic) bond motifs is 2. The minimum absolute atomic E-state index is 0.0405. The molecule has 0 radical (unpaired) electrons. The average Bonchev–Trinajstić information content (AvgIpc) is 2.87. The van der Waals surface area contributed by atoms with Crippen molar-refractivity contribution in [2.45, 2.75) is 0 Å². The molecule has 0 fully saturated rings. The second-order valence-electron chi connectivity index (χ2n) is 5.33. The van der Waals surface area contributed by atoms with E-state index in [4.69, 9.17) is 16.4 Å². The number of hydroxylamine groups is 2. The normalized spacial score (nSPS) is 13.2. The minimum atomic E-state index is -0.898. The fourth-order valence-electron chi connectivity index (χ4n) is 2.66. The highest BCUT2D eigenvalue weighted by molar-refractivity contribution is 6.38. The van der Waals surface area contributed by atoms with Crippen molar-refractivity contribution in [3.63, 3.8) is 0 Å². The van der Waals surface area contributed by atoms with Crippen molar-refractivity contribution in [2.75, 3.05) is 0 Å². The Labute approximate surface area is 146 Å². The Balaban J connectivity index is 1.67. The van der Waals surface area contributed by atoms with E-state index in [1.165, 1.54) is 18.2 Å². The van der Waals surface area contributed by atoms with Crippen LogP contribution in [0.5, 0.6) is 0 Å². The minimum Gasteiger partial charge on any atom is -0.324 e. The van der Waals surface area contributed by atoms with Crippen LogP contribution in [0.1, 0.15) is 31.1 Å². The Morgan fingerprint density at radius 2 is 1.64 bits per heavy atom. The Bertz CT molecular complexity index is 1030. The predicted molar refractivity (Wildman–Crippen MR) is 89.1 cm³/mol. The first kappa shape index (κ1) is 15.3. The zero-order valence-corrected chi connectivity index (χ0v) is 13.4. The maximum Gasteiger partial charge on any atom is 0.365 e. The number of hydrogen-bond donors (Lipinski definition) is 0. The van der Waals surface area contributed by atoms with Crippen molar-refractivity contribution in [3.05, 3.63) is 76.4 Å². The molecule has 7 heteroatoms. The molecule has 2 aromatic carbocycles. The van der Waals surface area contributed by atoms with Gasteiger partial charge < -0.3 is 4.84 Å². The van der Waals surface area contributed by atoms with Crippen molar-refractivity contribution < 1.29 is 19.2 Å². The van der Waals surface area contributed by atoms with E-state index in [0.29, 0.717) is 16.0 Å². The van der Waals surface area contributed by atoms with Crippen molar-refractivity contribution in [2.24, 2.45) is 0 Å². The first-order chi connectivity index (χ1) is 12.1. The lowest BCUT2D eigenvalue weighted by Gasteiger charge is -2.13. The standard InChI is InChI=1S/C18H9ClN2O4/c19-15-12-6-3-9-20-14(12)8-7-13(15)18(24)25-21-16(22)10-4-1-2-5-11(10)17(21)23/h1-9H. The number of aromatic nitrogens is 1. The highest BCUT2D eigenvalue weighted by Crippen LogP contribution is 2.28. The monoisotopic (exact) mass is 352 g/mol. The van der Waals surface area contributed by atoms with Crippen LogP contribution in [-0.4, -0.2) is 27.8 Å². The van der Waals surface area contributed by atoms with Crippen LogP contribution in [0.3, 0.4) is 0 Å². The van der Waals surface area contributed by atoms with Gasteiger partial charge in [0.1, 0.15) is 0 Å². The highest BCUT2D eigenvalue weighted by Gasteiger charge is 2.39. The molecule has 0 aliphatic carbocycles. The van der Waals surface area contributed by atoms with E-state index in [-0.39, 0.29) is 21.7 Å². The molecule has 0 saturated heterocycles. The summed E-state index contributed by atoms with van der Waals surface area (Å²) in [6.07, 6.45) is 1.61. The van der Waals surface area contributed by atoms with Crippen molar-refractivity contribution in [3.8, 4) is 0 Å². The summed E-state index contributed by atoms with van der Waals surface area (Å²) in [4.78, 5) is 46.1. The van der Waals surface area contributed by atoms with E-state index in [0.717, 1.165) is 0 Å². The SMILES string of the molecule is O=C(ON1C(=O)c2ccccc2C1=O)c1ccc2ncccc2c1Cl. The first-order valence-corrected chi connectivity index (χ1v) is 7.69. The molecule has 1 aromatic heterocycles. The number of amides is 2. The Hall–Kier alpha value is -3.25. The maximum absolute atomic E-state index is 12.4. The molecule has 4 rings (SSSR count). The third-order valence-corrected chi connectivity index (χ3v) is 4.28. The lowest BCUT2D eigenvalue weighted by molar-refractivity contribution is -0.0584. The summed E-state index contributed by atoms with van der Waals surface area (Å²) in [5, 5.41) is 1.17. The molecule has 25 heavy (non-hydrogen) atoms. The molecule has 0 spiro atoms. The van der Waals surface area contributed by atoms with Gasteiger partial charge in [0, 0.05) is 11.6 Å². The lowest BCUT2D eigenvalue weighted by Crippen LogP contribution is -2.32. The van der Waals surface area contributed by atoms with Gasteiger partial charge in [0.15, 0.2) is 0 Å². The molecule has 0 bridgehead atoms. The second-order valence-corrected chi connectivity index (χ2v) is 5.70. The summed E-state index contributed by atoms with van der Waals surface area (Å²) in [6.45, 7) is 0. The van der Waals surface area contributed by atoms with Gasteiger partial charge in [-0.1, -0.05) is 28.8 Å². The van der Waals surface area contributed by atoms with Crippen molar-refractivity contribution in [1.82, 2.24) is 10.0 Å². The molecular weight excluding hydrogens is 344 g/mol. The van der Waals surface area contributed by atoms with Gasteiger partial charge in [0.25, 0.3) is 11.8 Å². The Kier molecular flexibility index (Phi) is 3.47. The van der Waals surface area contributed by atoms with Gasteiger partial charge in [-0.25, -0.2) is 4.79 Å². The van der Waals surface area contributed by atoms with E-state index in [2.05, 4.69) is 4.98 Å². The quantitative estimate of drug-likeness (QED) is 0.662. The Morgan fingerprint density at radius 1 is 0.960 bits per heavy atom. The largest absolute Gasteiger partial charge is 0.365 e. The van der Waals surface area contributed by atoms with Gasteiger partial charge in [0.05, 0.1) is 27.2 Å². The van der Waals surface area contributed by atoms with Crippen molar-refractivity contribution >= 4 is 40.3 Å².